The van der Waals surface area contributed by atoms with E-state index in [0.29, 0.717) is 0 Å². The second kappa shape index (κ2) is 4.60. The van der Waals surface area contributed by atoms with Crippen molar-refractivity contribution in [3.63, 3.8) is 0 Å². The summed E-state index contributed by atoms with van der Waals surface area (Å²) in [5, 5.41) is 12.7. The van der Waals surface area contributed by atoms with E-state index in [0.717, 1.165) is 13.0 Å². The summed E-state index contributed by atoms with van der Waals surface area (Å²) in [4.78, 5) is 0. The molecule has 0 aromatic rings. The van der Waals surface area contributed by atoms with E-state index < -0.39 is 6.10 Å². The Labute approximate surface area is 73.4 Å². The molecule has 0 unspecified atom stereocenters. The van der Waals surface area contributed by atoms with Gasteiger partial charge < -0.3 is 15.2 Å². The molecule has 2 N–H and O–H groups in total. The van der Waals surface area contributed by atoms with Crippen molar-refractivity contribution in [3.05, 3.63) is 12.2 Å². The Bertz CT molecular complexity index is 159. The highest BCUT2D eigenvalue weighted by Crippen LogP contribution is 2.14. The maximum atomic E-state index is 9.49. The van der Waals surface area contributed by atoms with Gasteiger partial charge in [-0.15, -0.1) is 0 Å². The number of methoxy groups -OCH3 is 1. The van der Waals surface area contributed by atoms with Gasteiger partial charge in [-0.2, -0.15) is 0 Å². The van der Waals surface area contributed by atoms with Crippen LogP contribution >= 0.6 is 0 Å². The highest BCUT2D eigenvalue weighted by Gasteiger charge is 2.29. The van der Waals surface area contributed by atoms with Crippen molar-refractivity contribution in [1.29, 1.82) is 0 Å². The summed E-state index contributed by atoms with van der Waals surface area (Å²) in [5.41, 5.74) is 0. The van der Waals surface area contributed by atoms with E-state index in [1.165, 1.54) is 0 Å². The zero-order chi connectivity index (χ0) is 8.97. The van der Waals surface area contributed by atoms with Crippen LogP contribution in [0.2, 0.25) is 0 Å². The third-order valence-electron chi connectivity index (χ3n) is 2.12. The van der Waals surface area contributed by atoms with Gasteiger partial charge in [-0.3, -0.25) is 0 Å². The summed E-state index contributed by atoms with van der Waals surface area (Å²) in [5.74, 6) is 0. The molecule has 0 aromatic heterocycles. The number of hydrogen-bond acceptors (Lipinski definition) is 3. The molecular weight excluding hydrogens is 154 g/mol. The average Bonchev–Trinajstić information content (AvgIpc) is 2.43. The fourth-order valence-corrected chi connectivity index (χ4v) is 1.43. The molecule has 0 aromatic carbocycles. The van der Waals surface area contributed by atoms with Crippen molar-refractivity contribution in [2.75, 3.05) is 13.7 Å². The minimum Gasteiger partial charge on any atom is -0.387 e. The van der Waals surface area contributed by atoms with Gasteiger partial charge in [0, 0.05) is 7.11 Å². The van der Waals surface area contributed by atoms with Crippen molar-refractivity contribution in [2.24, 2.45) is 0 Å². The summed E-state index contributed by atoms with van der Waals surface area (Å²) < 4.78 is 5.18. The van der Waals surface area contributed by atoms with Crippen LogP contribution in [0.4, 0.5) is 0 Å². The summed E-state index contributed by atoms with van der Waals surface area (Å²) in [6, 6.07) is 0.0370. The lowest BCUT2D eigenvalue weighted by molar-refractivity contribution is 0.0683. The van der Waals surface area contributed by atoms with Crippen LogP contribution in [0.3, 0.4) is 0 Å². The van der Waals surface area contributed by atoms with E-state index in [1.807, 2.05) is 6.08 Å². The van der Waals surface area contributed by atoms with Crippen molar-refractivity contribution in [1.82, 2.24) is 5.32 Å². The standard InChI is InChI=1S/C9H17NO2/c1-3-6-10-9-7(11)4-5-8(9)12-2/h4-5,7-11H,3,6H2,1-2H3/t7-,8+,9+/m0/s1. The molecule has 3 heteroatoms. The summed E-state index contributed by atoms with van der Waals surface area (Å²) in [7, 11) is 1.66. The number of aliphatic hydroxyl groups excluding tert-OH is 1. The van der Waals surface area contributed by atoms with Gasteiger partial charge in [0.1, 0.15) is 0 Å². The first-order chi connectivity index (χ1) is 5.79. The fourth-order valence-electron chi connectivity index (χ4n) is 1.43. The van der Waals surface area contributed by atoms with Gasteiger partial charge in [-0.05, 0) is 13.0 Å². The van der Waals surface area contributed by atoms with Crippen molar-refractivity contribution < 1.29 is 9.84 Å². The smallest absolute Gasteiger partial charge is 0.0934 e. The van der Waals surface area contributed by atoms with Gasteiger partial charge in [0.15, 0.2) is 0 Å². The zero-order valence-electron chi connectivity index (χ0n) is 7.66. The minimum atomic E-state index is -0.401. The van der Waals surface area contributed by atoms with E-state index in [9.17, 15) is 5.11 Å². The molecule has 0 fully saturated rings. The summed E-state index contributed by atoms with van der Waals surface area (Å²) >= 11 is 0. The normalized spacial score (nSPS) is 34.4. The third-order valence-corrected chi connectivity index (χ3v) is 2.12. The monoisotopic (exact) mass is 171 g/mol. The van der Waals surface area contributed by atoms with Gasteiger partial charge in [0.25, 0.3) is 0 Å². The first-order valence-corrected chi connectivity index (χ1v) is 4.42. The predicted molar refractivity (Wildman–Crippen MR) is 48.0 cm³/mol. The van der Waals surface area contributed by atoms with Gasteiger partial charge >= 0.3 is 0 Å². The van der Waals surface area contributed by atoms with Crippen LogP contribution < -0.4 is 5.32 Å². The largest absolute Gasteiger partial charge is 0.387 e. The van der Waals surface area contributed by atoms with Gasteiger partial charge in [0.2, 0.25) is 0 Å². The maximum Gasteiger partial charge on any atom is 0.0934 e. The van der Waals surface area contributed by atoms with Crippen molar-refractivity contribution in [2.45, 2.75) is 31.6 Å². The molecule has 0 aliphatic heterocycles. The van der Waals surface area contributed by atoms with E-state index in [2.05, 4.69) is 12.2 Å². The number of nitrogens with one attached hydrogen (secondary N) is 1. The quantitative estimate of drug-likeness (QED) is 0.598. The lowest BCUT2D eigenvalue weighted by Gasteiger charge is -2.22. The third kappa shape index (κ3) is 2.06. The first-order valence-electron chi connectivity index (χ1n) is 4.42. The molecule has 70 valence electrons. The van der Waals surface area contributed by atoms with Crippen LogP contribution in [0, 0.1) is 0 Å². The molecule has 3 atom stereocenters. The SMILES string of the molecule is CCCN[C@@H]1[C@@H](O)C=C[C@H]1OC. The highest BCUT2D eigenvalue weighted by molar-refractivity contribution is 5.12. The van der Waals surface area contributed by atoms with Crippen LogP contribution in [0.1, 0.15) is 13.3 Å². The second-order valence-electron chi connectivity index (χ2n) is 3.06. The topological polar surface area (TPSA) is 41.5 Å². The van der Waals surface area contributed by atoms with E-state index >= 15 is 0 Å². The Hall–Kier alpha value is -0.380. The molecule has 0 saturated heterocycles. The van der Waals surface area contributed by atoms with Gasteiger partial charge in [-0.25, -0.2) is 0 Å². The minimum absolute atomic E-state index is 0.0200. The van der Waals surface area contributed by atoms with E-state index in [4.69, 9.17) is 4.74 Å². The Morgan fingerprint density at radius 3 is 2.83 bits per heavy atom. The fraction of sp³-hybridized carbons (Fsp3) is 0.778. The average molecular weight is 171 g/mol. The lowest BCUT2D eigenvalue weighted by Crippen LogP contribution is -2.44. The van der Waals surface area contributed by atoms with Crippen LogP contribution in [0.15, 0.2) is 12.2 Å². The summed E-state index contributed by atoms with van der Waals surface area (Å²) in [6.07, 6.45) is 4.37. The number of rotatable bonds is 4. The highest BCUT2D eigenvalue weighted by atomic mass is 16.5. The summed E-state index contributed by atoms with van der Waals surface area (Å²) in [6.45, 7) is 3.02. The number of ether oxygens (including phenoxy) is 1. The Balaban J connectivity index is 2.39. The Morgan fingerprint density at radius 1 is 1.50 bits per heavy atom. The number of aliphatic hydroxyl groups is 1. The predicted octanol–water partition coefficient (Wildman–Crippen LogP) is 0.300. The molecule has 1 aliphatic carbocycles. The first kappa shape index (κ1) is 9.71. The molecule has 12 heavy (non-hydrogen) atoms. The molecule has 0 bridgehead atoms. The maximum absolute atomic E-state index is 9.49. The van der Waals surface area contributed by atoms with Gasteiger partial charge in [0.05, 0.1) is 18.2 Å². The second-order valence-corrected chi connectivity index (χ2v) is 3.06. The van der Waals surface area contributed by atoms with Crippen LogP contribution in [-0.4, -0.2) is 37.0 Å². The molecule has 3 nitrogen and oxygen atoms in total. The Morgan fingerprint density at radius 2 is 2.25 bits per heavy atom. The Kier molecular flexibility index (Phi) is 3.72. The van der Waals surface area contributed by atoms with Gasteiger partial charge in [-0.1, -0.05) is 19.1 Å². The number of hydrogen-bond donors (Lipinski definition) is 2. The lowest BCUT2D eigenvalue weighted by atomic mass is 10.1. The molecule has 0 spiro atoms. The van der Waals surface area contributed by atoms with Crippen LogP contribution in [-0.2, 0) is 4.74 Å². The molecule has 1 aliphatic rings. The van der Waals surface area contributed by atoms with Crippen LogP contribution in [0.25, 0.3) is 0 Å². The van der Waals surface area contributed by atoms with E-state index in [1.54, 1.807) is 13.2 Å². The molecule has 0 radical (unpaired) electrons. The molecule has 1 rings (SSSR count). The van der Waals surface area contributed by atoms with Crippen LogP contribution in [0.5, 0.6) is 0 Å². The molecule has 0 amide bonds. The molecule has 0 saturated carbocycles. The molecule has 0 heterocycles. The van der Waals surface area contributed by atoms with E-state index in [-0.39, 0.29) is 12.1 Å². The zero-order valence-corrected chi connectivity index (χ0v) is 7.66. The molecular formula is C9H17NO2. The van der Waals surface area contributed by atoms with Crippen molar-refractivity contribution in [3.8, 4) is 0 Å². The van der Waals surface area contributed by atoms with Crippen molar-refractivity contribution >= 4 is 0 Å².